The standard InChI is InChI=1S/C15H16N2O2/c1-15(6-7-15)9-17-13-10-4-2-3-5-12(10)16-8-11(13)14(18)19/h2-5,8H,6-7,9H2,1H3,(H,16,17)(H,18,19). The molecule has 1 heterocycles. The molecule has 1 saturated carbocycles. The lowest BCUT2D eigenvalue weighted by molar-refractivity contribution is 0.0697. The molecule has 0 saturated heterocycles. The summed E-state index contributed by atoms with van der Waals surface area (Å²) in [5.41, 5.74) is 2.06. The van der Waals surface area contributed by atoms with Gasteiger partial charge in [0.15, 0.2) is 0 Å². The number of aromatic carboxylic acids is 1. The van der Waals surface area contributed by atoms with Crippen molar-refractivity contribution < 1.29 is 9.90 Å². The van der Waals surface area contributed by atoms with Crippen LogP contribution in [0.15, 0.2) is 30.5 Å². The number of carboxylic acids is 1. The number of hydrogen-bond donors (Lipinski definition) is 2. The van der Waals surface area contributed by atoms with Crippen LogP contribution in [0.25, 0.3) is 10.9 Å². The van der Waals surface area contributed by atoms with E-state index in [0.29, 0.717) is 11.1 Å². The number of anilines is 1. The van der Waals surface area contributed by atoms with Crippen molar-refractivity contribution in [3.63, 3.8) is 0 Å². The van der Waals surface area contributed by atoms with Gasteiger partial charge >= 0.3 is 5.97 Å². The fourth-order valence-electron chi connectivity index (χ4n) is 2.19. The molecule has 2 N–H and O–H groups in total. The molecule has 0 radical (unpaired) electrons. The van der Waals surface area contributed by atoms with Crippen LogP contribution in [0.1, 0.15) is 30.1 Å². The number of aromatic nitrogens is 1. The summed E-state index contributed by atoms with van der Waals surface area (Å²) >= 11 is 0. The number of fused-ring (bicyclic) bond motifs is 1. The predicted molar refractivity (Wildman–Crippen MR) is 74.5 cm³/mol. The molecule has 0 atom stereocenters. The van der Waals surface area contributed by atoms with Crippen LogP contribution in [0.2, 0.25) is 0 Å². The molecule has 3 rings (SSSR count). The Morgan fingerprint density at radius 1 is 1.42 bits per heavy atom. The fourth-order valence-corrected chi connectivity index (χ4v) is 2.19. The quantitative estimate of drug-likeness (QED) is 0.882. The maximum atomic E-state index is 11.3. The minimum absolute atomic E-state index is 0.239. The molecule has 1 aliphatic carbocycles. The van der Waals surface area contributed by atoms with E-state index in [0.717, 1.165) is 17.4 Å². The first-order chi connectivity index (χ1) is 9.09. The van der Waals surface area contributed by atoms with Crippen LogP contribution in [-0.4, -0.2) is 22.6 Å². The van der Waals surface area contributed by atoms with E-state index in [1.807, 2.05) is 24.3 Å². The second kappa shape index (κ2) is 4.23. The van der Waals surface area contributed by atoms with Crippen molar-refractivity contribution in [3.8, 4) is 0 Å². The first-order valence-electron chi connectivity index (χ1n) is 6.44. The monoisotopic (exact) mass is 256 g/mol. The third-order valence-electron chi connectivity index (χ3n) is 3.80. The first kappa shape index (κ1) is 12.0. The number of carboxylic acid groups (broad SMARTS) is 1. The summed E-state index contributed by atoms with van der Waals surface area (Å²) in [6.07, 6.45) is 3.83. The minimum Gasteiger partial charge on any atom is -0.478 e. The highest BCUT2D eigenvalue weighted by atomic mass is 16.4. The maximum Gasteiger partial charge on any atom is 0.339 e. The van der Waals surface area contributed by atoms with Crippen molar-refractivity contribution in [3.05, 3.63) is 36.0 Å². The Hall–Kier alpha value is -2.10. The number of nitrogens with zero attached hydrogens (tertiary/aromatic N) is 1. The van der Waals surface area contributed by atoms with Crippen LogP contribution in [0.4, 0.5) is 5.69 Å². The average molecular weight is 256 g/mol. The van der Waals surface area contributed by atoms with E-state index >= 15 is 0 Å². The van der Waals surface area contributed by atoms with Gasteiger partial charge in [-0.05, 0) is 24.3 Å². The van der Waals surface area contributed by atoms with Gasteiger partial charge in [-0.15, -0.1) is 0 Å². The second-order valence-corrected chi connectivity index (χ2v) is 5.53. The van der Waals surface area contributed by atoms with Crippen molar-refractivity contribution >= 4 is 22.6 Å². The lowest BCUT2D eigenvalue weighted by Crippen LogP contribution is -2.15. The number of carbonyl (C=O) groups is 1. The molecule has 19 heavy (non-hydrogen) atoms. The lowest BCUT2D eigenvalue weighted by atomic mass is 10.1. The highest BCUT2D eigenvalue weighted by molar-refractivity contribution is 6.04. The Labute approximate surface area is 111 Å². The number of rotatable bonds is 4. The number of nitrogens with one attached hydrogen (secondary N) is 1. The first-order valence-corrected chi connectivity index (χ1v) is 6.44. The van der Waals surface area contributed by atoms with Crippen molar-refractivity contribution in [2.45, 2.75) is 19.8 Å². The Morgan fingerprint density at radius 3 is 2.84 bits per heavy atom. The molecule has 0 amide bonds. The lowest BCUT2D eigenvalue weighted by Gasteiger charge is -2.15. The van der Waals surface area contributed by atoms with Crippen molar-refractivity contribution in [2.75, 3.05) is 11.9 Å². The van der Waals surface area contributed by atoms with E-state index < -0.39 is 5.97 Å². The molecule has 0 spiro atoms. The van der Waals surface area contributed by atoms with Gasteiger partial charge in [0.1, 0.15) is 5.56 Å². The zero-order valence-corrected chi connectivity index (χ0v) is 10.8. The van der Waals surface area contributed by atoms with Crippen molar-refractivity contribution in [2.24, 2.45) is 5.41 Å². The van der Waals surface area contributed by atoms with Crippen LogP contribution in [0.3, 0.4) is 0 Å². The SMILES string of the molecule is CC1(CNc2c(C(=O)O)cnc3ccccc23)CC1. The molecular formula is C15H16N2O2. The van der Waals surface area contributed by atoms with Crippen LogP contribution in [-0.2, 0) is 0 Å². The summed E-state index contributed by atoms with van der Waals surface area (Å²) in [7, 11) is 0. The van der Waals surface area contributed by atoms with Gasteiger partial charge in [0.25, 0.3) is 0 Å². The molecule has 4 nitrogen and oxygen atoms in total. The topological polar surface area (TPSA) is 62.2 Å². The molecule has 1 aromatic heterocycles. The Morgan fingerprint density at radius 2 is 2.16 bits per heavy atom. The summed E-state index contributed by atoms with van der Waals surface area (Å²) in [6, 6.07) is 7.61. The summed E-state index contributed by atoms with van der Waals surface area (Å²) in [5, 5.41) is 13.5. The zero-order valence-electron chi connectivity index (χ0n) is 10.8. The molecule has 0 aliphatic heterocycles. The zero-order chi connectivity index (χ0) is 13.5. The van der Waals surface area contributed by atoms with Gasteiger partial charge in [-0.2, -0.15) is 0 Å². The summed E-state index contributed by atoms with van der Waals surface area (Å²) < 4.78 is 0. The third kappa shape index (κ3) is 2.26. The van der Waals surface area contributed by atoms with E-state index in [2.05, 4.69) is 17.2 Å². The Bertz CT molecular complexity index is 648. The van der Waals surface area contributed by atoms with Crippen molar-refractivity contribution in [1.82, 2.24) is 4.98 Å². The van der Waals surface area contributed by atoms with E-state index in [-0.39, 0.29) is 5.56 Å². The predicted octanol–water partition coefficient (Wildman–Crippen LogP) is 3.15. The average Bonchev–Trinajstić information content (AvgIpc) is 3.14. The van der Waals surface area contributed by atoms with E-state index in [1.165, 1.54) is 19.0 Å². The molecular weight excluding hydrogens is 240 g/mol. The fraction of sp³-hybridized carbons (Fsp3) is 0.333. The van der Waals surface area contributed by atoms with Gasteiger partial charge in [0.05, 0.1) is 11.2 Å². The highest BCUT2D eigenvalue weighted by Crippen LogP contribution is 2.45. The molecule has 1 aliphatic rings. The largest absolute Gasteiger partial charge is 0.478 e. The Balaban J connectivity index is 2.06. The van der Waals surface area contributed by atoms with E-state index in [9.17, 15) is 9.90 Å². The van der Waals surface area contributed by atoms with Gasteiger partial charge in [0, 0.05) is 18.1 Å². The minimum atomic E-state index is -0.943. The van der Waals surface area contributed by atoms with Gasteiger partial charge < -0.3 is 10.4 Å². The van der Waals surface area contributed by atoms with Crippen LogP contribution < -0.4 is 5.32 Å². The number of benzene rings is 1. The number of pyridine rings is 1. The van der Waals surface area contributed by atoms with Crippen LogP contribution >= 0.6 is 0 Å². The summed E-state index contributed by atoms with van der Waals surface area (Å²) in [6.45, 7) is 3.02. The maximum absolute atomic E-state index is 11.3. The van der Waals surface area contributed by atoms with Gasteiger partial charge in [-0.1, -0.05) is 25.1 Å². The molecule has 98 valence electrons. The highest BCUT2D eigenvalue weighted by Gasteiger charge is 2.37. The number of hydrogen-bond acceptors (Lipinski definition) is 3. The number of para-hydroxylation sites is 1. The smallest absolute Gasteiger partial charge is 0.339 e. The normalized spacial score (nSPS) is 16.3. The van der Waals surface area contributed by atoms with Crippen LogP contribution in [0, 0.1) is 5.41 Å². The molecule has 0 unspecified atom stereocenters. The summed E-state index contributed by atoms with van der Waals surface area (Å²) in [4.78, 5) is 15.5. The van der Waals surface area contributed by atoms with Crippen LogP contribution in [0.5, 0.6) is 0 Å². The van der Waals surface area contributed by atoms with Gasteiger partial charge in [-0.25, -0.2) is 4.79 Å². The van der Waals surface area contributed by atoms with Crippen molar-refractivity contribution in [1.29, 1.82) is 0 Å². The summed E-state index contributed by atoms with van der Waals surface area (Å²) in [5.74, 6) is -0.943. The van der Waals surface area contributed by atoms with E-state index in [1.54, 1.807) is 0 Å². The molecule has 4 heteroatoms. The third-order valence-corrected chi connectivity index (χ3v) is 3.80. The van der Waals surface area contributed by atoms with Gasteiger partial charge in [-0.3, -0.25) is 4.98 Å². The van der Waals surface area contributed by atoms with E-state index in [4.69, 9.17) is 0 Å². The molecule has 0 bridgehead atoms. The molecule has 2 aromatic rings. The Kier molecular flexibility index (Phi) is 2.66. The van der Waals surface area contributed by atoms with Gasteiger partial charge in [0.2, 0.25) is 0 Å². The molecule has 1 fully saturated rings. The second-order valence-electron chi connectivity index (χ2n) is 5.53. The molecule has 1 aromatic carbocycles.